The number of rotatable bonds is 4. The van der Waals surface area contributed by atoms with E-state index < -0.39 is 0 Å². The number of nitrogens with zero attached hydrogens (tertiary/aromatic N) is 2. The molecular formula is C13H15FN4O. The lowest BCUT2D eigenvalue weighted by molar-refractivity contribution is 0.0945. The molecule has 0 aliphatic heterocycles. The maximum Gasteiger partial charge on any atom is 0.271 e. The van der Waals surface area contributed by atoms with Crippen molar-refractivity contribution >= 4 is 11.6 Å². The Morgan fingerprint density at radius 2 is 2.11 bits per heavy atom. The molecule has 0 radical (unpaired) electrons. The third-order valence-electron chi connectivity index (χ3n) is 2.79. The molecule has 0 aliphatic rings. The number of carbonyl (C=O) groups excluding carboxylic acids is 1. The van der Waals surface area contributed by atoms with Gasteiger partial charge >= 0.3 is 0 Å². The molecule has 1 aromatic heterocycles. The number of benzene rings is 1. The third-order valence-corrected chi connectivity index (χ3v) is 2.79. The van der Waals surface area contributed by atoms with E-state index in [2.05, 4.69) is 10.4 Å². The summed E-state index contributed by atoms with van der Waals surface area (Å²) in [5, 5.41) is 6.66. The molecule has 0 saturated heterocycles. The average Bonchev–Trinajstić information content (AvgIpc) is 2.71. The lowest BCUT2D eigenvalue weighted by Gasteiger charge is -2.06. The first-order valence-electron chi connectivity index (χ1n) is 5.88. The number of halogens is 1. The van der Waals surface area contributed by atoms with Gasteiger partial charge in [0.15, 0.2) is 0 Å². The monoisotopic (exact) mass is 262 g/mol. The fourth-order valence-electron chi connectivity index (χ4n) is 1.79. The molecule has 2 rings (SSSR count). The fraction of sp³-hybridized carbons (Fsp3) is 0.231. The van der Waals surface area contributed by atoms with E-state index in [1.165, 1.54) is 23.0 Å². The number of anilines is 1. The van der Waals surface area contributed by atoms with E-state index in [1.807, 2.05) is 0 Å². The van der Waals surface area contributed by atoms with E-state index in [1.54, 1.807) is 19.2 Å². The van der Waals surface area contributed by atoms with Gasteiger partial charge in [0.2, 0.25) is 0 Å². The maximum atomic E-state index is 12.7. The van der Waals surface area contributed by atoms with Gasteiger partial charge in [0.05, 0.1) is 11.9 Å². The van der Waals surface area contributed by atoms with Crippen LogP contribution >= 0.6 is 0 Å². The Morgan fingerprint density at radius 3 is 2.68 bits per heavy atom. The molecule has 100 valence electrons. The minimum atomic E-state index is -0.268. The second-order valence-electron chi connectivity index (χ2n) is 4.20. The van der Waals surface area contributed by atoms with Gasteiger partial charge in [-0.15, -0.1) is 0 Å². The number of hydrogen-bond acceptors (Lipinski definition) is 3. The number of hydrogen-bond donors (Lipinski definition) is 2. The summed E-state index contributed by atoms with van der Waals surface area (Å²) in [5.74, 6) is -0.532. The molecule has 0 fully saturated rings. The average molecular weight is 262 g/mol. The minimum absolute atomic E-state index is 0.264. The van der Waals surface area contributed by atoms with E-state index in [0.717, 1.165) is 5.56 Å². The Morgan fingerprint density at radius 1 is 1.42 bits per heavy atom. The number of nitrogens with one attached hydrogen (secondary N) is 1. The standard InChI is InChI=1S/C13H15FN4O/c1-18-12(11(15)8-17-18)13(19)16-7-6-9-2-4-10(14)5-3-9/h2-5,8H,6-7,15H2,1H3,(H,16,19). The normalized spacial score (nSPS) is 10.4. The van der Waals surface area contributed by atoms with Crippen molar-refractivity contribution in [2.75, 3.05) is 12.3 Å². The number of carbonyl (C=O) groups is 1. The van der Waals surface area contributed by atoms with E-state index in [0.29, 0.717) is 24.3 Å². The van der Waals surface area contributed by atoms with Crippen molar-refractivity contribution in [2.24, 2.45) is 7.05 Å². The van der Waals surface area contributed by atoms with Gasteiger partial charge < -0.3 is 11.1 Å². The highest BCUT2D eigenvalue weighted by atomic mass is 19.1. The summed E-state index contributed by atoms with van der Waals surface area (Å²) in [6, 6.07) is 6.19. The Balaban J connectivity index is 1.89. The minimum Gasteiger partial charge on any atom is -0.396 e. The van der Waals surface area contributed by atoms with Crippen molar-refractivity contribution in [2.45, 2.75) is 6.42 Å². The molecule has 0 atom stereocenters. The highest BCUT2D eigenvalue weighted by molar-refractivity contribution is 5.97. The van der Waals surface area contributed by atoms with Gasteiger partial charge in [0.1, 0.15) is 11.5 Å². The van der Waals surface area contributed by atoms with Crippen LogP contribution in [0.2, 0.25) is 0 Å². The van der Waals surface area contributed by atoms with E-state index >= 15 is 0 Å². The predicted octanol–water partition coefficient (Wildman–Crippen LogP) is 1.11. The molecule has 1 aromatic carbocycles. The van der Waals surface area contributed by atoms with Crippen LogP contribution in [0, 0.1) is 5.82 Å². The second kappa shape index (κ2) is 5.51. The van der Waals surface area contributed by atoms with Gasteiger partial charge in [-0.25, -0.2) is 4.39 Å². The summed E-state index contributed by atoms with van der Waals surface area (Å²) < 4.78 is 14.2. The molecule has 5 nitrogen and oxygen atoms in total. The van der Waals surface area contributed by atoms with Crippen LogP contribution in [0.15, 0.2) is 30.5 Å². The van der Waals surface area contributed by atoms with Crippen molar-refractivity contribution in [3.05, 3.63) is 47.5 Å². The van der Waals surface area contributed by atoms with Gasteiger partial charge in [-0.3, -0.25) is 9.48 Å². The summed E-state index contributed by atoms with van der Waals surface area (Å²) in [6.07, 6.45) is 2.07. The van der Waals surface area contributed by atoms with Crippen molar-refractivity contribution in [1.29, 1.82) is 0 Å². The summed E-state index contributed by atoms with van der Waals surface area (Å²) in [5.41, 5.74) is 7.31. The second-order valence-corrected chi connectivity index (χ2v) is 4.20. The summed E-state index contributed by atoms with van der Waals surface area (Å²) in [4.78, 5) is 11.9. The van der Waals surface area contributed by atoms with Crippen LogP contribution in [-0.4, -0.2) is 22.2 Å². The van der Waals surface area contributed by atoms with Crippen molar-refractivity contribution in [3.8, 4) is 0 Å². The van der Waals surface area contributed by atoms with Crippen LogP contribution in [-0.2, 0) is 13.5 Å². The van der Waals surface area contributed by atoms with Gasteiger partial charge in [-0.1, -0.05) is 12.1 Å². The maximum absolute atomic E-state index is 12.7. The molecule has 0 bridgehead atoms. The molecule has 0 saturated carbocycles. The van der Waals surface area contributed by atoms with Gasteiger partial charge in [0, 0.05) is 13.6 Å². The van der Waals surface area contributed by atoms with Gasteiger partial charge in [-0.2, -0.15) is 5.10 Å². The van der Waals surface area contributed by atoms with Crippen molar-refractivity contribution in [1.82, 2.24) is 15.1 Å². The first kappa shape index (κ1) is 13.1. The van der Waals surface area contributed by atoms with E-state index in [4.69, 9.17) is 5.73 Å². The zero-order valence-electron chi connectivity index (χ0n) is 10.6. The molecule has 0 spiro atoms. The summed E-state index contributed by atoms with van der Waals surface area (Å²) in [6.45, 7) is 0.453. The number of aromatic nitrogens is 2. The Hall–Kier alpha value is -2.37. The van der Waals surface area contributed by atoms with Crippen LogP contribution in [0.1, 0.15) is 16.1 Å². The topological polar surface area (TPSA) is 72.9 Å². The van der Waals surface area contributed by atoms with E-state index in [9.17, 15) is 9.18 Å². The van der Waals surface area contributed by atoms with Crippen molar-refractivity contribution in [3.63, 3.8) is 0 Å². The molecule has 1 heterocycles. The largest absolute Gasteiger partial charge is 0.396 e. The Kier molecular flexibility index (Phi) is 3.79. The van der Waals surface area contributed by atoms with Gasteiger partial charge in [0.25, 0.3) is 5.91 Å². The Bertz CT molecular complexity index is 557. The molecule has 0 unspecified atom stereocenters. The highest BCUT2D eigenvalue weighted by Crippen LogP contribution is 2.08. The zero-order chi connectivity index (χ0) is 13.8. The summed E-state index contributed by atoms with van der Waals surface area (Å²) in [7, 11) is 1.66. The zero-order valence-corrected chi connectivity index (χ0v) is 10.6. The first-order chi connectivity index (χ1) is 9.08. The SMILES string of the molecule is Cn1ncc(N)c1C(=O)NCCc1ccc(F)cc1. The number of amides is 1. The van der Waals surface area contributed by atoms with Crippen LogP contribution < -0.4 is 11.1 Å². The van der Waals surface area contributed by atoms with Crippen LogP contribution in [0.5, 0.6) is 0 Å². The van der Waals surface area contributed by atoms with Gasteiger partial charge in [-0.05, 0) is 24.1 Å². The fourth-order valence-corrected chi connectivity index (χ4v) is 1.79. The molecule has 3 N–H and O–H groups in total. The molecule has 0 aliphatic carbocycles. The molecular weight excluding hydrogens is 247 g/mol. The molecule has 6 heteroatoms. The third kappa shape index (κ3) is 3.09. The predicted molar refractivity (Wildman–Crippen MR) is 70.1 cm³/mol. The van der Waals surface area contributed by atoms with Crippen LogP contribution in [0.3, 0.4) is 0 Å². The number of aryl methyl sites for hydroxylation is 1. The van der Waals surface area contributed by atoms with Crippen LogP contribution in [0.4, 0.5) is 10.1 Å². The van der Waals surface area contributed by atoms with Crippen molar-refractivity contribution < 1.29 is 9.18 Å². The smallest absolute Gasteiger partial charge is 0.271 e. The van der Waals surface area contributed by atoms with Crippen LogP contribution in [0.25, 0.3) is 0 Å². The lowest BCUT2D eigenvalue weighted by atomic mass is 10.1. The highest BCUT2D eigenvalue weighted by Gasteiger charge is 2.13. The number of nitrogens with two attached hydrogens (primary N) is 1. The lowest BCUT2D eigenvalue weighted by Crippen LogP contribution is -2.28. The first-order valence-corrected chi connectivity index (χ1v) is 5.88. The summed E-state index contributed by atoms with van der Waals surface area (Å²) >= 11 is 0. The molecule has 2 aromatic rings. The molecule has 19 heavy (non-hydrogen) atoms. The quantitative estimate of drug-likeness (QED) is 0.867. The van der Waals surface area contributed by atoms with E-state index in [-0.39, 0.29) is 11.7 Å². The Labute approximate surface area is 110 Å². The number of nitrogen functional groups attached to an aromatic ring is 1. The molecule has 1 amide bonds.